The van der Waals surface area contributed by atoms with Crippen LogP contribution in [0.25, 0.3) is 0 Å². The largest absolute Gasteiger partial charge is 0.309 e. The number of nitrogens with one attached hydrogen (secondary N) is 2. The third-order valence-electron chi connectivity index (χ3n) is 2.26. The molecule has 1 fully saturated rings. The van der Waals surface area contributed by atoms with E-state index in [-0.39, 0.29) is 11.6 Å². The average molecular weight is 235 g/mol. The molecule has 0 bridgehead atoms. The number of hydrogen-bond donors (Lipinski definition) is 2. The smallest absolute Gasteiger partial charge is 0.279 e. The van der Waals surface area contributed by atoms with Crippen molar-refractivity contribution < 1.29 is 8.42 Å². The van der Waals surface area contributed by atoms with Crippen LogP contribution in [0.15, 0.2) is 0 Å². The lowest BCUT2D eigenvalue weighted by Gasteiger charge is -2.38. The van der Waals surface area contributed by atoms with Gasteiger partial charge in [0, 0.05) is 31.2 Å². The quantitative estimate of drug-likeness (QED) is 0.719. The molecule has 0 atom stereocenters. The zero-order valence-corrected chi connectivity index (χ0v) is 10.7. The van der Waals surface area contributed by atoms with Gasteiger partial charge in [-0.25, -0.2) is 0 Å². The first-order valence-electron chi connectivity index (χ1n) is 5.25. The molecule has 0 saturated carbocycles. The van der Waals surface area contributed by atoms with Gasteiger partial charge in [0.2, 0.25) is 0 Å². The van der Waals surface area contributed by atoms with Crippen LogP contribution in [-0.2, 0) is 10.2 Å². The summed E-state index contributed by atoms with van der Waals surface area (Å²) in [6.45, 7) is 9.40. The summed E-state index contributed by atoms with van der Waals surface area (Å²) in [6, 6.07) is -0.0620. The predicted octanol–water partition coefficient (Wildman–Crippen LogP) is -0.0870. The maximum Gasteiger partial charge on any atom is 0.279 e. The Morgan fingerprint density at radius 3 is 2.47 bits per heavy atom. The summed E-state index contributed by atoms with van der Waals surface area (Å²) in [4.78, 5) is 0. The molecule has 0 amide bonds. The first-order chi connectivity index (χ1) is 6.73. The molecule has 0 radical (unpaired) electrons. The van der Waals surface area contributed by atoms with Crippen LogP contribution in [0.2, 0.25) is 0 Å². The summed E-state index contributed by atoms with van der Waals surface area (Å²) in [5.74, 6) is 0. The first-order valence-corrected chi connectivity index (χ1v) is 6.69. The molecule has 6 heteroatoms. The fraction of sp³-hybridized carbons (Fsp3) is 1.00. The van der Waals surface area contributed by atoms with Crippen molar-refractivity contribution in [2.24, 2.45) is 0 Å². The summed E-state index contributed by atoms with van der Waals surface area (Å²) >= 11 is 0. The van der Waals surface area contributed by atoms with Crippen molar-refractivity contribution in [3.63, 3.8) is 0 Å². The van der Waals surface area contributed by atoms with Crippen LogP contribution in [0.1, 0.15) is 27.7 Å². The molecule has 0 aromatic heterocycles. The summed E-state index contributed by atoms with van der Waals surface area (Å²) in [6.07, 6.45) is 0. The second-order valence-electron chi connectivity index (χ2n) is 4.92. The molecule has 15 heavy (non-hydrogen) atoms. The van der Waals surface area contributed by atoms with E-state index in [1.54, 1.807) is 0 Å². The highest BCUT2D eigenvalue weighted by Gasteiger charge is 2.32. The Kier molecular flexibility index (Phi) is 3.76. The fourth-order valence-electron chi connectivity index (χ4n) is 1.67. The van der Waals surface area contributed by atoms with E-state index >= 15 is 0 Å². The molecule has 0 spiro atoms. The van der Waals surface area contributed by atoms with Crippen LogP contribution in [0.4, 0.5) is 0 Å². The van der Waals surface area contributed by atoms with Crippen molar-refractivity contribution in [2.45, 2.75) is 39.3 Å². The van der Waals surface area contributed by atoms with Crippen LogP contribution < -0.4 is 10.0 Å². The molecule has 1 rings (SSSR count). The highest BCUT2D eigenvalue weighted by Crippen LogP contribution is 2.12. The minimum atomic E-state index is -3.31. The summed E-state index contributed by atoms with van der Waals surface area (Å²) < 4.78 is 27.8. The van der Waals surface area contributed by atoms with Crippen molar-refractivity contribution in [3.8, 4) is 0 Å². The average Bonchev–Trinajstić information content (AvgIpc) is 1.99. The normalized spacial score (nSPS) is 23.3. The van der Waals surface area contributed by atoms with Gasteiger partial charge in [-0.2, -0.15) is 17.4 Å². The van der Waals surface area contributed by atoms with E-state index in [1.165, 1.54) is 4.31 Å². The molecule has 0 aromatic carbocycles. The van der Waals surface area contributed by atoms with Gasteiger partial charge in [0.05, 0.1) is 0 Å². The van der Waals surface area contributed by atoms with Crippen molar-refractivity contribution in [2.75, 3.05) is 19.6 Å². The monoisotopic (exact) mass is 235 g/mol. The standard InChI is InChI=1S/C9H21N3O2S/c1-8(2)11-15(13,14)12-6-5-10-9(3,4)7-12/h8,10-11H,5-7H2,1-4H3. The minimum Gasteiger partial charge on any atom is -0.309 e. The topological polar surface area (TPSA) is 61.4 Å². The van der Waals surface area contributed by atoms with E-state index in [0.717, 1.165) is 0 Å². The highest BCUT2D eigenvalue weighted by atomic mass is 32.2. The van der Waals surface area contributed by atoms with Crippen LogP contribution in [-0.4, -0.2) is 43.9 Å². The van der Waals surface area contributed by atoms with Gasteiger partial charge in [-0.3, -0.25) is 0 Å². The predicted molar refractivity (Wildman–Crippen MR) is 60.8 cm³/mol. The number of piperazine rings is 1. The molecule has 0 aromatic rings. The van der Waals surface area contributed by atoms with Crippen molar-refractivity contribution in [1.29, 1.82) is 0 Å². The van der Waals surface area contributed by atoms with Gasteiger partial charge in [0.15, 0.2) is 0 Å². The lowest BCUT2D eigenvalue weighted by molar-refractivity contribution is 0.231. The summed E-state index contributed by atoms with van der Waals surface area (Å²) in [5.41, 5.74) is -0.149. The number of nitrogens with zero attached hydrogens (tertiary/aromatic N) is 1. The molecule has 5 nitrogen and oxygen atoms in total. The summed E-state index contributed by atoms with van der Waals surface area (Å²) in [7, 11) is -3.31. The van der Waals surface area contributed by atoms with Gasteiger partial charge in [0.1, 0.15) is 0 Å². The van der Waals surface area contributed by atoms with E-state index < -0.39 is 10.2 Å². The highest BCUT2D eigenvalue weighted by molar-refractivity contribution is 7.87. The summed E-state index contributed by atoms with van der Waals surface area (Å²) in [5, 5.41) is 3.28. The Labute approximate surface area is 92.4 Å². The maximum atomic E-state index is 11.9. The van der Waals surface area contributed by atoms with E-state index in [9.17, 15) is 8.42 Å². The minimum absolute atomic E-state index is 0.0620. The van der Waals surface area contributed by atoms with Crippen molar-refractivity contribution in [3.05, 3.63) is 0 Å². The third-order valence-corrected chi connectivity index (χ3v) is 4.02. The number of rotatable bonds is 3. The van der Waals surface area contributed by atoms with Gasteiger partial charge in [-0.15, -0.1) is 0 Å². The first kappa shape index (κ1) is 12.9. The SMILES string of the molecule is CC(C)NS(=O)(=O)N1CCNC(C)(C)C1. The molecule has 90 valence electrons. The molecule has 1 aliphatic rings. The second kappa shape index (κ2) is 4.37. The Hall–Kier alpha value is -0.170. The van der Waals surface area contributed by atoms with Gasteiger partial charge >= 0.3 is 0 Å². The second-order valence-corrected chi connectivity index (χ2v) is 6.62. The molecule has 0 unspecified atom stereocenters. The lowest BCUT2D eigenvalue weighted by atomic mass is 10.0. The van der Waals surface area contributed by atoms with Gasteiger partial charge in [-0.05, 0) is 27.7 Å². The van der Waals surface area contributed by atoms with Crippen molar-refractivity contribution >= 4 is 10.2 Å². The van der Waals surface area contributed by atoms with Gasteiger partial charge < -0.3 is 5.32 Å². The molecule has 1 aliphatic heterocycles. The molecular formula is C9H21N3O2S. The zero-order chi connectivity index (χ0) is 11.7. The zero-order valence-electron chi connectivity index (χ0n) is 9.87. The van der Waals surface area contributed by atoms with E-state index in [2.05, 4.69) is 10.0 Å². The van der Waals surface area contributed by atoms with Crippen LogP contribution >= 0.6 is 0 Å². The van der Waals surface area contributed by atoms with Crippen LogP contribution in [0, 0.1) is 0 Å². The Morgan fingerprint density at radius 1 is 1.40 bits per heavy atom. The Bertz CT molecular complexity index is 311. The third kappa shape index (κ3) is 3.71. The van der Waals surface area contributed by atoms with E-state index in [0.29, 0.717) is 19.6 Å². The molecule has 1 saturated heterocycles. The number of hydrogen-bond acceptors (Lipinski definition) is 3. The van der Waals surface area contributed by atoms with E-state index in [1.807, 2.05) is 27.7 Å². The van der Waals surface area contributed by atoms with Crippen LogP contribution in [0.5, 0.6) is 0 Å². The van der Waals surface area contributed by atoms with Crippen LogP contribution in [0.3, 0.4) is 0 Å². The maximum absolute atomic E-state index is 11.9. The fourth-order valence-corrected chi connectivity index (χ4v) is 3.24. The lowest BCUT2D eigenvalue weighted by Crippen LogP contribution is -2.60. The Balaban J connectivity index is 2.71. The van der Waals surface area contributed by atoms with Gasteiger partial charge in [0.25, 0.3) is 10.2 Å². The van der Waals surface area contributed by atoms with E-state index in [4.69, 9.17) is 0 Å². The Morgan fingerprint density at radius 2 is 2.00 bits per heavy atom. The molecule has 0 aliphatic carbocycles. The molecule has 1 heterocycles. The van der Waals surface area contributed by atoms with Crippen molar-refractivity contribution in [1.82, 2.24) is 14.3 Å². The van der Waals surface area contributed by atoms with Gasteiger partial charge in [-0.1, -0.05) is 0 Å². The molecular weight excluding hydrogens is 214 g/mol. The molecule has 2 N–H and O–H groups in total.